The molecule has 2 amide bonds. The van der Waals surface area contributed by atoms with Crippen molar-refractivity contribution in [3.8, 4) is 0 Å². The molecule has 1 unspecified atom stereocenters. The van der Waals surface area contributed by atoms with E-state index in [9.17, 15) is 9.59 Å². The van der Waals surface area contributed by atoms with E-state index in [4.69, 9.17) is 0 Å². The molecule has 0 N–H and O–H groups in total. The van der Waals surface area contributed by atoms with Crippen molar-refractivity contribution < 1.29 is 9.59 Å². The standard InChI is InChI=1S/C19H22N4O2/c1-22-12-15(9-18(22)24)19(25)23-7-4-13(5-8-23)16-10-17-14(11-21-16)3-2-6-20-17/h2-3,6,10-11,13,15H,4-5,7-9,12H2,1H3. The lowest BCUT2D eigenvalue weighted by atomic mass is 9.92. The van der Waals surface area contributed by atoms with Crippen LogP contribution < -0.4 is 0 Å². The van der Waals surface area contributed by atoms with Gasteiger partial charge in [-0.25, -0.2) is 0 Å². The summed E-state index contributed by atoms with van der Waals surface area (Å²) in [7, 11) is 1.77. The molecule has 25 heavy (non-hydrogen) atoms. The summed E-state index contributed by atoms with van der Waals surface area (Å²) in [5.74, 6) is 0.394. The van der Waals surface area contributed by atoms with Gasteiger partial charge in [0.15, 0.2) is 0 Å². The molecular formula is C19H22N4O2. The second kappa shape index (κ2) is 6.43. The van der Waals surface area contributed by atoms with Gasteiger partial charge in [-0.2, -0.15) is 0 Å². The summed E-state index contributed by atoms with van der Waals surface area (Å²) in [5.41, 5.74) is 2.03. The Balaban J connectivity index is 1.40. The third kappa shape index (κ3) is 3.08. The van der Waals surface area contributed by atoms with Crippen LogP contribution in [0.25, 0.3) is 10.9 Å². The molecule has 2 fully saturated rings. The van der Waals surface area contributed by atoms with Crippen molar-refractivity contribution in [2.45, 2.75) is 25.2 Å². The van der Waals surface area contributed by atoms with Gasteiger partial charge < -0.3 is 9.80 Å². The number of nitrogens with zero attached hydrogens (tertiary/aromatic N) is 4. The maximum atomic E-state index is 12.6. The Morgan fingerprint density at radius 1 is 1.24 bits per heavy atom. The number of hydrogen-bond acceptors (Lipinski definition) is 4. The summed E-state index contributed by atoms with van der Waals surface area (Å²) in [4.78, 5) is 36.9. The zero-order chi connectivity index (χ0) is 17.4. The highest BCUT2D eigenvalue weighted by Crippen LogP contribution is 2.29. The summed E-state index contributed by atoms with van der Waals surface area (Å²) >= 11 is 0. The van der Waals surface area contributed by atoms with Gasteiger partial charge in [0.1, 0.15) is 0 Å². The summed E-state index contributed by atoms with van der Waals surface area (Å²) in [5, 5.41) is 1.05. The van der Waals surface area contributed by atoms with Crippen molar-refractivity contribution in [2.24, 2.45) is 5.92 Å². The molecule has 4 heterocycles. The molecule has 2 aliphatic heterocycles. The number of carbonyl (C=O) groups excluding carboxylic acids is 2. The first kappa shape index (κ1) is 16.0. The van der Waals surface area contributed by atoms with Crippen molar-refractivity contribution in [3.63, 3.8) is 0 Å². The predicted octanol–water partition coefficient (Wildman–Crippen LogP) is 1.81. The van der Waals surface area contributed by atoms with Gasteiger partial charge in [0.2, 0.25) is 11.8 Å². The summed E-state index contributed by atoms with van der Waals surface area (Å²) in [6.45, 7) is 2.02. The number of amides is 2. The lowest BCUT2D eigenvalue weighted by Gasteiger charge is -2.33. The van der Waals surface area contributed by atoms with Gasteiger partial charge >= 0.3 is 0 Å². The Kier molecular flexibility index (Phi) is 4.11. The fraction of sp³-hybridized carbons (Fsp3) is 0.474. The molecule has 1 atom stereocenters. The molecule has 2 aliphatic rings. The predicted molar refractivity (Wildman–Crippen MR) is 93.8 cm³/mol. The van der Waals surface area contributed by atoms with Crippen LogP contribution in [0.1, 0.15) is 30.9 Å². The molecule has 6 nitrogen and oxygen atoms in total. The largest absolute Gasteiger partial charge is 0.345 e. The molecule has 0 spiro atoms. The van der Waals surface area contributed by atoms with Gasteiger partial charge in [-0.3, -0.25) is 19.6 Å². The Hall–Kier alpha value is -2.50. The number of pyridine rings is 2. The van der Waals surface area contributed by atoms with E-state index in [0.29, 0.717) is 18.9 Å². The van der Waals surface area contributed by atoms with Gasteiger partial charge in [-0.15, -0.1) is 0 Å². The van der Waals surface area contributed by atoms with E-state index in [2.05, 4.69) is 16.0 Å². The first-order valence-corrected chi connectivity index (χ1v) is 8.85. The second-order valence-corrected chi connectivity index (χ2v) is 7.08. The maximum absolute atomic E-state index is 12.6. The third-order valence-corrected chi connectivity index (χ3v) is 5.42. The highest BCUT2D eigenvalue weighted by atomic mass is 16.2. The number of carbonyl (C=O) groups is 2. The molecule has 0 bridgehead atoms. The quantitative estimate of drug-likeness (QED) is 0.838. The summed E-state index contributed by atoms with van der Waals surface area (Å²) in [6, 6.07) is 6.00. The SMILES string of the molecule is CN1CC(C(=O)N2CCC(c3cc4ncccc4cn3)CC2)CC1=O. The number of aromatic nitrogens is 2. The maximum Gasteiger partial charge on any atom is 0.227 e. The van der Waals surface area contributed by atoms with Gasteiger partial charge in [0.25, 0.3) is 0 Å². The minimum absolute atomic E-state index is 0.0705. The van der Waals surface area contributed by atoms with Crippen LogP contribution >= 0.6 is 0 Å². The van der Waals surface area contributed by atoms with E-state index in [1.54, 1.807) is 18.1 Å². The average molecular weight is 338 g/mol. The smallest absolute Gasteiger partial charge is 0.227 e. The van der Waals surface area contributed by atoms with E-state index in [1.807, 2.05) is 23.2 Å². The zero-order valence-corrected chi connectivity index (χ0v) is 14.4. The second-order valence-electron chi connectivity index (χ2n) is 7.08. The number of rotatable bonds is 2. The molecule has 2 aromatic rings. The topological polar surface area (TPSA) is 66.4 Å². The summed E-state index contributed by atoms with van der Waals surface area (Å²) < 4.78 is 0. The molecule has 0 aromatic carbocycles. The van der Waals surface area contributed by atoms with Crippen molar-refractivity contribution >= 4 is 22.7 Å². The van der Waals surface area contributed by atoms with Gasteiger partial charge in [0, 0.05) is 62.5 Å². The van der Waals surface area contributed by atoms with Gasteiger partial charge in [0.05, 0.1) is 11.4 Å². The minimum Gasteiger partial charge on any atom is -0.345 e. The summed E-state index contributed by atoms with van der Waals surface area (Å²) in [6.07, 6.45) is 5.86. The van der Waals surface area contributed by atoms with E-state index >= 15 is 0 Å². The Morgan fingerprint density at radius 2 is 2.04 bits per heavy atom. The Morgan fingerprint density at radius 3 is 2.76 bits per heavy atom. The van der Waals surface area contributed by atoms with Crippen LogP contribution in [0.4, 0.5) is 0 Å². The first-order chi connectivity index (χ1) is 12.1. The molecule has 0 aliphatic carbocycles. The lowest BCUT2D eigenvalue weighted by Crippen LogP contribution is -2.42. The van der Waals surface area contributed by atoms with Crippen LogP contribution in [0.3, 0.4) is 0 Å². The Bertz CT molecular complexity index is 814. The normalized spacial score (nSPS) is 22.0. The molecule has 130 valence electrons. The van der Waals surface area contributed by atoms with Crippen LogP contribution in [0.5, 0.6) is 0 Å². The molecule has 4 rings (SSSR count). The van der Waals surface area contributed by atoms with Gasteiger partial charge in [-0.05, 0) is 31.0 Å². The number of fused-ring (bicyclic) bond motifs is 1. The molecule has 2 aromatic heterocycles. The molecule has 0 saturated carbocycles. The monoisotopic (exact) mass is 338 g/mol. The first-order valence-electron chi connectivity index (χ1n) is 8.85. The van der Waals surface area contributed by atoms with Crippen LogP contribution in [0.2, 0.25) is 0 Å². The fourth-order valence-corrected chi connectivity index (χ4v) is 3.89. The molecule has 0 radical (unpaired) electrons. The van der Waals surface area contributed by atoms with Crippen molar-refractivity contribution in [3.05, 3.63) is 36.3 Å². The average Bonchev–Trinajstić information content (AvgIpc) is 2.99. The highest BCUT2D eigenvalue weighted by Gasteiger charge is 2.36. The number of likely N-dealkylation sites (tertiary alicyclic amines) is 2. The highest BCUT2D eigenvalue weighted by molar-refractivity contribution is 5.89. The zero-order valence-electron chi connectivity index (χ0n) is 14.4. The van der Waals surface area contributed by atoms with E-state index in [-0.39, 0.29) is 17.7 Å². The molecule has 2 saturated heterocycles. The molecule has 6 heteroatoms. The van der Waals surface area contributed by atoms with Crippen LogP contribution in [-0.2, 0) is 9.59 Å². The van der Waals surface area contributed by atoms with E-state index in [1.165, 1.54) is 0 Å². The third-order valence-electron chi connectivity index (χ3n) is 5.42. The van der Waals surface area contributed by atoms with Crippen molar-refractivity contribution in [1.82, 2.24) is 19.8 Å². The van der Waals surface area contributed by atoms with Crippen LogP contribution in [0, 0.1) is 5.92 Å². The van der Waals surface area contributed by atoms with Crippen molar-refractivity contribution in [1.29, 1.82) is 0 Å². The van der Waals surface area contributed by atoms with Gasteiger partial charge in [-0.1, -0.05) is 0 Å². The lowest BCUT2D eigenvalue weighted by molar-refractivity contribution is -0.136. The molecular weight excluding hydrogens is 316 g/mol. The van der Waals surface area contributed by atoms with Crippen LogP contribution in [-0.4, -0.2) is 58.3 Å². The van der Waals surface area contributed by atoms with Crippen molar-refractivity contribution in [2.75, 3.05) is 26.7 Å². The minimum atomic E-state index is -0.169. The fourth-order valence-electron chi connectivity index (χ4n) is 3.89. The van der Waals surface area contributed by atoms with E-state index < -0.39 is 0 Å². The Labute approximate surface area is 146 Å². The number of hydrogen-bond donors (Lipinski definition) is 0. The number of piperidine rings is 1. The van der Waals surface area contributed by atoms with Crippen LogP contribution in [0.15, 0.2) is 30.6 Å². The van der Waals surface area contributed by atoms with E-state index in [0.717, 1.165) is 42.5 Å².